The third-order valence-corrected chi connectivity index (χ3v) is 4.31. The highest BCUT2D eigenvalue weighted by Gasteiger charge is 2.24. The third-order valence-electron chi connectivity index (χ3n) is 4.31. The van der Waals surface area contributed by atoms with E-state index in [1.807, 2.05) is 24.3 Å². The molecule has 0 amide bonds. The lowest BCUT2D eigenvalue weighted by molar-refractivity contribution is 0.265. The van der Waals surface area contributed by atoms with Gasteiger partial charge in [0.1, 0.15) is 11.5 Å². The predicted molar refractivity (Wildman–Crippen MR) is 104 cm³/mol. The van der Waals surface area contributed by atoms with Gasteiger partial charge < -0.3 is 14.9 Å². The number of guanidine groups is 1. The molecule has 0 radical (unpaired) electrons. The number of hydrazine groups is 1. The Kier molecular flexibility index (Phi) is 5.51. The van der Waals surface area contributed by atoms with Gasteiger partial charge in [-0.3, -0.25) is 0 Å². The van der Waals surface area contributed by atoms with E-state index in [4.69, 9.17) is 20.8 Å². The molecule has 0 spiro atoms. The fourth-order valence-corrected chi connectivity index (χ4v) is 2.91. The first kappa shape index (κ1) is 18.6. The molecular formula is C18H23N7O2. The summed E-state index contributed by atoms with van der Waals surface area (Å²) in [5.74, 6) is 8.05. The lowest BCUT2D eigenvalue weighted by Crippen LogP contribution is -2.47. The zero-order chi connectivity index (χ0) is 19.4. The smallest absolute Gasteiger partial charge is 0.242 e. The third kappa shape index (κ3) is 3.98. The SMILES string of the molecule is COc1ccc2cc(OC3CN=C(NN=N)N=C3NN)c(C(C)C)cc2c1. The average molecular weight is 369 g/mol. The maximum absolute atomic E-state index is 6.84. The van der Waals surface area contributed by atoms with Gasteiger partial charge in [-0.05, 0) is 46.5 Å². The normalized spacial score (nSPS) is 16.6. The molecule has 0 bridgehead atoms. The van der Waals surface area contributed by atoms with Crippen molar-refractivity contribution in [2.45, 2.75) is 25.9 Å². The zero-order valence-corrected chi connectivity index (χ0v) is 15.5. The van der Waals surface area contributed by atoms with E-state index in [0.717, 1.165) is 27.8 Å². The van der Waals surface area contributed by atoms with E-state index < -0.39 is 6.10 Å². The zero-order valence-electron chi connectivity index (χ0n) is 15.5. The molecule has 2 aromatic rings. The molecule has 0 saturated carbocycles. The van der Waals surface area contributed by atoms with E-state index in [9.17, 15) is 0 Å². The van der Waals surface area contributed by atoms with Gasteiger partial charge in [-0.25, -0.2) is 16.3 Å². The molecule has 1 aliphatic heterocycles. The molecule has 3 rings (SSSR count). The van der Waals surface area contributed by atoms with Gasteiger partial charge in [-0.15, -0.1) is 0 Å². The summed E-state index contributed by atoms with van der Waals surface area (Å²) in [7, 11) is 1.66. The molecule has 2 aromatic carbocycles. The van der Waals surface area contributed by atoms with E-state index in [1.54, 1.807) is 7.11 Å². The summed E-state index contributed by atoms with van der Waals surface area (Å²) < 4.78 is 11.5. The first-order valence-corrected chi connectivity index (χ1v) is 8.56. The second kappa shape index (κ2) is 8.00. The second-order valence-corrected chi connectivity index (χ2v) is 6.39. The second-order valence-electron chi connectivity index (χ2n) is 6.39. The molecule has 9 heteroatoms. The van der Waals surface area contributed by atoms with Crippen molar-refractivity contribution >= 4 is 22.6 Å². The van der Waals surface area contributed by atoms with Crippen LogP contribution < -0.4 is 26.2 Å². The van der Waals surface area contributed by atoms with Gasteiger partial charge in [-0.2, -0.15) is 10.5 Å². The number of nitrogens with one attached hydrogen (secondary N) is 3. The highest BCUT2D eigenvalue weighted by atomic mass is 16.5. The number of rotatable bonds is 5. The molecule has 0 aromatic heterocycles. The van der Waals surface area contributed by atoms with Crippen LogP contribution in [0.3, 0.4) is 0 Å². The Bertz CT molecular complexity index is 908. The first-order valence-electron chi connectivity index (χ1n) is 8.56. The Balaban J connectivity index is 1.95. The number of ether oxygens (including phenoxy) is 2. The van der Waals surface area contributed by atoms with Crippen LogP contribution >= 0.6 is 0 Å². The van der Waals surface area contributed by atoms with Crippen molar-refractivity contribution < 1.29 is 9.47 Å². The van der Waals surface area contributed by atoms with Gasteiger partial charge >= 0.3 is 0 Å². The van der Waals surface area contributed by atoms with Crippen molar-refractivity contribution in [3.63, 3.8) is 0 Å². The number of fused-ring (bicyclic) bond motifs is 1. The van der Waals surface area contributed by atoms with Gasteiger partial charge in [0.15, 0.2) is 11.9 Å². The molecule has 1 heterocycles. The van der Waals surface area contributed by atoms with Crippen LogP contribution in [0.15, 0.2) is 45.5 Å². The van der Waals surface area contributed by atoms with Crippen LogP contribution in [0.2, 0.25) is 0 Å². The lowest BCUT2D eigenvalue weighted by Gasteiger charge is -2.24. The van der Waals surface area contributed by atoms with Crippen molar-refractivity contribution in [3.05, 3.63) is 35.9 Å². The van der Waals surface area contributed by atoms with Gasteiger partial charge in [0.2, 0.25) is 5.96 Å². The van der Waals surface area contributed by atoms with Crippen LogP contribution in [0, 0.1) is 5.53 Å². The minimum atomic E-state index is -0.459. The van der Waals surface area contributed by atoms with E-state index in [-0.39, 0.29) is 11.9 Å². The quantitative estimate of drug-likeness (QED) is 0.365. The summed E-state index contributed by atoms with van der Waals surface area (Å²) >= 11 is 0. The Morgan fingerprint density at radius 1 is 1.26 bits per heavy atom. The molecule has 9 nitrogen and oxygen atoms in total. The summed E-state index contributed by atoms with van der Waals surface area (Å²) in [6.07, 6.45) is -0.459. The molecule has 0 aliphatic carbocycles. The van der Waals surface area contributed by atoms with Crippen molar-refractivity contribution in [3.8, 4) is 11.5 Å². The van der Waals surface area contributed by atoms with E-state index in [2.05, 4.69) is 46.0 Å². The highest BCUT2D eigenvalue weighted by molar-refractivity contribution is 6.00. The number of nitrogens with zero attached hydrogens (tertiary/aromatic N) is 3. The van der Waals surface area contributed by atoms with E-state index in [1.165, 1.54) is 0 Å². The molecule has 27 heavy (non-hydrogen) atoms. The average Bonchev–Trinajstić information content (AvgIpc) is 2.68. The maximum atomic E-state index is 6.84. The number of hydrogen-bond donors (Lipinski definition) is 4. The molecule has 5 N–H and O–H groups in total. The van der Waals surface area contributed by atoms with Crippen LogP contribution in [-0.4, -0.2) is 31.6 Å². The van der Waals surface area contributed by atoms with Gasteiger partial charge in [-0.1, -0.05) is 25.1 Å². The van der Waals surface area contributed by atoms with Gasteiger partial charge in [0.05, 0.1) is 13.7 Å². The number of benzene rings is 2. The molecule has 1 unspecified atom stereocenters. The number of nitrogens with two attached hydrogens (primary N) is 1. The van der Waals surface area contributed by atoms with E-state index in [0.29, 0.717) is 12.4 Å². The fraction of sp³-hybridized carbons (Fsp3) is 0.333. The largest absolute Gasteiger partial charge is 0.497 e. The Hall–Kier alpha value is -3.20. The van der Waals surface area contributed by atoms with Gasteiger partial charge in [0.25, 0.3) is 0 Å². The van der Waals surface area contributed by atoms with Crippen LogP contribution in [0.25, 0.3) is 10.8 Å². The predicted octanol–water partition coefficient (Wildman–Crippen LogP) is 2.49. The van der Waals surface area contributed by atoms with Crippen molar-refractivity contribution in [1.29, 1.82) is 5.53 Å². The Labute approximate surface area is 157 Å². The number of amidine groups is 1. The lowest BCUT2D eigenvalue weighted by atomic mass is 9.97. The molecule has 1 aliphatic rings. The topological polar surface area (TPSA) is 129 Å². The number of hydrogen-bond acceptors (Lipinski definition) is 8. The molecular weight excluding hydrogens is 346 g/mol. The van der Waals surface area contributed by atoms with Crippen molar-refractivity contribution in [1.82, 2.24) is 10.9 Å². The van der Waals surface area contributed by atoms with Crippen LogP contribution in [0.1, 0.15) is 25.3 Å². The van der Waals surface area contributed by atoms with Gasteiger partial charge in [0, 0.05) is 0 Å². The summed E-state index contributed by atoms with van der Waals surface area (Å²) in [4.78, 5) is 8.41. The Morgan fingerprint density at radius 3 is 2.74 bits per heavy atom. The molecule has 142 valence electrons. The fourth-order valence-electron chi connectivity index (χ4n) is 2.91. The first-order chi connectivity index (χ1) is 13.0. The van der Waals surface area contributed by atoms with E-state index >= 15 is 0 Å². The van der Waals surface area contributed by atoms with Crippen LogP contribution in [0.4, 0.5) is 0 Å². The number of aliphatic imine (C=N–C) groups is 2. The van der Waals surface area contributed by atoms with Crippen LogP contribution in [-0.2, 0) is 0 Å². The summed E-state index contributed by atoms with van der Waals surface area (Å²) in [6.45, 7) is 4.53. The molecule has 0 saturated heterocycles. The highest BCUT2D eigenvalue weighted by Crippen LogP contribution is 2.33. The Morgan fingerprint density at radius 2 is 2.07 bits per heavy atom. The van der Waals surface area contributed by atoms with Crippen molar-refractivity contribution in [2.75, 3.05) is 13.7 Å². The minimum absolute atomic E-state index is 0.215. The summed E-state index contributed by atoms with van der Waals surface area (Å²) in [5, 5.41) is 5.20. The minimum Gasteiger partial charge on any atom is -0.497 e. The monoisotopic (exact) mass is 369 g/mol. The van der Waals surface area contributed by atoms with Crippen molar-refractivity contribution in [2.24, 2.45) is 21.1 Å². The maximum Gasteiger partial charge on any atom is 0.242 e. The summed E-state index contributed by atoms with van der Waals surface area (Å²) in [6, 6.07) is 10.0. The van der Waals surface area contributed by atoms with Crippen LogP contribution in [0.5, 0.6) is 11.5 Å². The number of methoxy groups -OCH3 is 1. The molecule has 1 atom stereocenters. The summed E-state index contributed by atoms with van der Waals surface area (Å²) in [5.41, 5.74) is 12.9. The standard InChI is InChI=1S/C18H23N7O2/c1-10(2)14-7-12-6-13(26-3)5-4-11(12)8-15(14)27-16-9-21-18(24-25-20)22-17(16)23-19/h4-8,10,16H,9,19H2,1-3H3,(H3,20,21,22,23,24). The molecule has 0 fully saturated rings.